The van der Waals surface area contributed by atoms with Gasteiger partial charge in [-0.1, -0.05) is 0 Å². The summed E-state index contributed by atoms with van der Waals surface area (Å²) in [6.45, 7) is -0.0896. The first-order valence-electron chi connectivity index (χ1n) is 4.07. The lowest BCUT2D eigenvalue weighted by atomic mass is 10.1. The SMILES string of the molecule is O=C1COc2cc(C(=O)O)c(Br)cc2N1. The standard InChI is InChI=1S/C9H6BrNO4/c10-5-2-6-7(1-4(5)9(13)14)15-3-8(12)11-6/h1-2H,3H2,(H,11,12)(H,13,14). The van der Waals surface area contributed by atoms with Crippen LogP contribution in [-0.4, -0.2) is 23.6 Å². The number of carboxylic acids is 1. The molecule has 0 saturated carbocycles. The molecule has 0 aromatic heterocycles. The summed E-state index contributed by atoms with van der Waals surface area (Å²) in [5, 5.41) is 11.4. The molecule has 0 unspecified atom stereocenters. The summed E-state index contributed by atoms with van der Waals surface area (Å²) in [5.74, 6) is -0.933. The lowest BCUT2D eigenvalue weighted by molar-refractivity contribution is -0.118. The zero-order valence-electron chi connectivity index (χ0n) is 7.41. The van der Waals surface area contributed by atoms with E-state index in [1.807, 2.05) is 0 Å². The number of fused-ring (bicyclic) bond motifs is 1. The minimum Gasteiger partial charge on any atom is -0.482 e. The minimum absolute atomic E-state index is 0.0896. The molecule has 0 fully saturated rings. The Labute approximate surface area is 93.2 Å². The molecule has 0 saturated heterocycles. The monoisotopic (exact) mass is 271 g/mol. The van der Waals surface area contributed by atoms with Crippen LogP contribution < -0.4 is 10.1 Å². The topological polar surface area (TPSA) is 75.6 Å². The average molecular weight is 272 g/mol. The van der Waals surface area contributed by atoms with Gasteiger partial charge in [0.25, 0.3) is 5.91 Å². The highest BCUT2D eigenvalue weighted by Gasteiger charge is 2.20. The molecule has 0 aliphatic carbocycles. The van der Waals surface area contributed by atoms with Crippen LogP contribution in [-0.2, 0) is 4.79 Å². The van der Waals surface area contributed by atoms with Crippen LogP contribution in [0.3, 0.4) is 0 Å². The molecule has 0 radical (unpaired) electrons. The van der Waals surface area contributed by atoms with Gasteiger partial charge in [-0.2, -0.15) is 0 Å². The predicted molar refractivity (Wildman–Crippen MR) is 55.2 cm³/mol. The second kappa shape index (κ2) is 3.54. The maximum atomic E-state index is 11.0. The van der Waals surface area contributed by atoms with E-state index in [-0.39, 0.29) is 18.1 Å². The van der Waals surface area contributed by atoms with Gasteiger partial charge >= 0.3 is 5.97 Å². The molecule has 0 atom stereocenters. The van der Waals surface area contributed by atoms with E-state index in [9.17, 15) is 9.59 Å². The van der Waals surface area contributed by atoms with Crippen molar-refractivity contribution in [2.75, 3.05) is 11.9 Å². The summed E-state index contributed by atoms with van der Waals surface area (Å²) in [6.07, 6.45) is 0. The number of halogens is 1. The maximum absolute atomic E-state index is 11.0. The highest BCUT2D eigenvalue weighted by molar-refractivity contribution is 9.10. The molecule has 1 aromatic carbocycles. The summed E-state index contributed by atoms with van der Waals surface area (Å²) >= 11 is 3.11. The molecule has 1 amide bonds. The van der Waals surface area contributed by atoms with Crippen molar-refractivity contribution in [3.8, 4) is 5.75 Å². The molecule has 1 heterocycles. The van der Waals surface area contributed by atoms with E-state index in [0.29, 0.717) is 15.9 Å². The fourth-order valence-corrected chi connectivity index (χ4v) is 1.78. The minimum atomic E-state index is -1.05. The van der Waals surface area contributed by atoms with Gasteiger partial charge in [0.2, 0.25) is 0 Å². The van der Waals surface area contributed by atoms with E-state index in [1.54, 1.807) is 0 Å². The first-order valence-corrected chi connectivity index (χ1v) is 4.86. The first-order chi connectivity index (χ1) is 7.08. The van der Waals surface area contributed by atoms with Crippen LogP contribution in [0.2, 0.25) is 0 Å². The van der Waals surface area contributed by atoms with Crippen molar-refractivity contribution in [2.24, 2.45) is 0 Å². The van der Waals surface area contributed by atoms with E-state index in [2.05, 4.69) is 21.2 Å². The summed E-state index contributed by atoms with van der Waals surface area (Å²) in [7, 11) is 0. The van der Waals surface area contributed by atoms with Crippen molar-refractivity contribution >= 4 is 33.5 Å². The number of aromatic carboxylic acids is 1. The molecular weight excluding hydrogens is 266 g/mol. The number of hydrogen-bond donors (Lipinski definition) is 2. The Morgan fingerprint density at radius 3 is 2.93 bits per heavy atom. The van der Waals surface area contributed by atoms with Crippen molar-refractivity contribution in [2.45, 2.75) is 0 Å². The largest absolute Gasteiger partial charge is 0.482 e. The average Bonchev–Trinajstić information content (AvgIpc) is 2.15. The molecule has 0 spiro atoms. The van der Waals surface area contributed by atoms with Crippen LogP contribution in [0.5, 0.6) is 5.75 Å². The van der Waals surface area contributed by atoms with Crippen LogP contribution >= 0.6 is 15.9 Å². The van der Waals surface area contributed by atoms with Gasteiger partial charge in [-0.05, 0) is 28.1 Å². The van der Waals surface area contributed by atoms with Gasteiger partial charge in [-0.25, -0.2) is 4.79 Å². The number of nitrogens with one attached hydrogen (secondary N) is 1. The predicted octanol–water partition coefficient (Wildman–Crippen LogP) is 1.48. The number of carbonyl (C=O) groups excluding carboxylic acids is 1. The van der Waals surface area contributed by atoms with E-state index in [0.717, 1.165) is 0 Å². The van der Waals surface area contributed by atoms with Gasteiger partial charge in [0.1, 0.15) is 5.75 Å². The van der Waals surface area contributed by atoms with Crippen LogP contribution in [0.15, 0.2) is 16.6 Å². The normalized spacial score (nSPS) is 13.8. The van der Waals surface area contributed by atoms with E-state index < -0.39 is 5.97 Å². The van der Waals surface area contributed by atoms with Gasteiger partial charge in [-0.15, -0.1) is 0 Å². The Hall–Kier alpha value is -1.56. The smallest absolute Gasteiger partial charge is 0.336 e. The second-order valence-electron chi connectivity index (χ2n) is 2.97. The Bertz CT molecular complexity index is 458. The Kier molecular flexibility index (Phi) is 2.36. The number of carbonyl (C=O) groups is 2. The van der Waals surface area contributed by atoms with Crippen LogP contribution in [0, 0.1) is 0 Å². The van der Waals surface area contributed by atoms with E-state index in [1.165, 1.54) is 12.1 Å². The molecule has 78 valence electrons. The fourth-order valence-electron chi connectivity index (χ4n) is 1.26. The molecule has 2 rings (SSSR count). The van der Waals surface area contributed by atoms with Crippen LogP contribution in [0.25, 0.3) is 0 Å². The van der Waals surface area contributed by atoms with Crippen molar-refractivity contribution in [1.29, 1.82) is 0 Å². The van der Waals surface area contributed by atoms with E-state index >= 15 is 0 Å². The number of amides is 1. The quantitative estimate of drug-likeness (QED) is 0.811. The highest BCUT2D eigenvalue weighted by Crippen LogP contribution is 2.33. The highest BCUT2D eigenvalue weighted by atomic mass is 79.9. The van der Waals surface area contributed by atoms with Gasteiger partial charge < -0.3 is 15.2 Å². The number of hydrogen-bond acceptors (Lipinski definition) is 3. The molecule has 1 aromatic rings. The van der Waals surface area contributed by atoms with Crippen molar-refractivity contribution in [3.05, 3.63) is 22.2 Å². The van der Waals surface area contributed by atoms with Gasteiger partial charge in [0, 0.05) is 4.47 Å². The molecule has 2 N–H and O–H groups in total. The zero-order valence-corrected chi connectivity index (χ0v) is 9.00. The van der Waals surface area contributed by atoms with Crippen molar-refractivity contribution in [3.63, 3.8) is 0 Å². The number of carboxylic acid groups (broad SMARTS) is 1. The van der Waals surface area contributed by atoms with E-state index in [4.69, 9.17) is 9.84 Å². The van der Waals surface area contributed by atoms with Crippen LogP contribution in [0.4, 0.5) is 5.69 Å². The fraction of sp³-hybridized carbons (Fsp3) is 0.111. The molecule has 5 nitrogen and oxygen atoms in total. The summed E-state index contributed by atoms with van der Waals surface area (Å²) < 4.78 is 5.49. The van der Waals surface area contributed by atoms with Gasteiger partial charge in [0.05, 0.1) is 11.3 Å². The molecular formula is C9H6BrNO4. The van der Waals surface area contributed by atoms with Crippen molar-refractivity contribution in [1.82, 2.24) is 0 Å². The maximum Gasteiger partial charge on any atom is 0.336 e. The molecule has 15 heavy (non-hydrogen) atoms. The molecule has 6 heteroatoms. The Morgan fingerprint density at radius 1 is 1.53 bits per heavy atom. The lowest BCUT2D eigenvalue weighted by Gasteiger charge is -2.18. The lowest BCUT2D eigenvalue weighted by Crippen LogP contribution is -2.25. The summed E-state index contributed by atoms with van der Waals surface area (Å²) in [6, 6.07) is 2.89. The second-order valence-corrected chi connectivity index (χ2v) is 3.82. The number of rotatable bonds is 1. The van der Waals surface area contributed by atoms with Gasteiger partial charge in [0.15, 0.2) is 6.61 Å². The Morgan fingerprint density at radius 2 is 2.27 bits per heavy atom. The first kappa shape index (κ1) is 9.97. The Balaban J connectivity index is 2.50. The number of ether oxygens (including phenoxy) is 1. The molecule has 1 aliphatic heterocycles. The molecule has 0 bridgehead atoms. The zero-order chi connectivity index (χ0) is 11.0. The summed E-state index contributed by atoms with van der Waals surface area (Å²) in [4.78, 5) is 21.8. The van der Waals surface area contributed by atoms with Gasteiger partial charge in [-0.3, -0.25) is 4.79 Å². The van der Waals surface area contributed by atoms with Crippen LogP contribution in [0.1, 0.15) is 10.4 Å². The number of benzene rings is 1. The third-order valence-corrected chi connectivity index (χ3v) is 2.59. The third kappa shape index (κ3) is 1.80. The summed E-state index contributed by atoms with van der Waals surface area (Å²) in [5.41, 5.74) is 0.577. The third-order valence-electron chi connectivity index (χ3n) is 1.93. The molecule has 1 aliphatic rings. The number of anilines is 1. The van der Waals surface area contributed by atoms with Crippen molar-refractivity contribution < 1.29 is 19.4 Å².